The van der Waals surface area contributed by atoms with Crippen LogP contribution in [0.4, 0.5) is 17.1 Å². The van der Waals surface area contributed by atoms with E-state index in [4.69, 9.17) is 4.74 Å². The van der Waals surface area contributed by atoms with Gasteiger partial charge in [0.1, 0.15) is 5.75 Å². The van der Waals surface area contributed by atoms with Gasteiger partial charge in [-0.2, -0.15) is 0 Å². The Hall–Kier alpha value is -8.76. The summed E-state index contributed by atoms with van der Waals surface area (Å²) >= 11 is 1.90. The molecule has 0 N–H and O–H groups in total. The second kappa shape index (κ2) is 14.9. The van der Waals surface area contributed by atoms with Gasteiger partial charge in [-0.05, 0) is 144 Å². The summed E-state index contributed by atoms with van der Waals surface area (Å²) in [6.45, 7) is 4.75. The predicted octanol–water partition coefficient (Wildman–Crippen LogP) is 19.3. The van der Waals surface area contributed by atoms with Crippen LogP contribution in [0.5, 0.6) is 11.5 Å². The molecular weight excluding hydrogens is 903 g/mol. The van der Waals surface area contributed by atoms with Crippen LogP contribution in [0.2, 0.25) is 0 Å². The van der Waals surface area contributed by atoms with E-state index in [0.717, 1.165) is 50.8 Å². The van der Waals surface area contributed by atoms with Crippen LogP contribution >= 0.6 is 11.3 Å². The van der Waals surface area contributed by atoms with Gasteiger partial charge < -0.3 is 9.64 Å². The Morgan fingerprint density at radius 2 is 0.836 bits per heavy atom. The van der Waals surface area contributed by atoms with Crippen molar-refractivity contribution in [2.45, 2.75) is 24.7 Å². The van der Waals surface area contributed by atoms with E-state index < -0.39 is 5.41 Å². The molecule has 0 radical (unpaired) electrons. The topological polar surface area (TPSA) is 12.5 Å². The molecule has 2 heterocycles. The van der Waals surface area contributed by atoms with Gasteiger partial charge in [-0.15, -0.1) is 11.3 Å². The number of nitrogens with zero attached hydrogens (tertiary/aromatic N) is 1. The Kier molecular flexibility index (Phi) is 8.35. The molecule has 1 aliphatic heterocycles. The molecule has 16 rings (SSSR count). The van der Waals surface area contributed by atoms with Crippen molar-refractivity contribution in [2.24, 2.45) is 0 Å². The highest BCUT2D eigenvalue weighted by Gasteiger charge is 2.50. The summed E-state index contributed by atoms with van der Waals surface area (Å²) in [5, 5.41) is 2.63. The molecule has 0 saturated carbocycles. The lowest BCUT2D eigenvalue weighted by molar-refractivity contribution is 0.489. The quantitative estimate of drug-likeness (QED) is 0.175. The molecule has 4 aliphatic rings. The molecule has 1 atom stereocenters. The summed E-state index contributed by atoms with van der Waals surface area (Å²) in [7, 11) is 0. The Bertz CT molecular complexity index is 4360. The third-order valence-electron chi connectivity index (χ3n) is 16.7. The number of anilines is 3. The second-order valence-electron chi connectivity index (χ2n) is 20.6. The normalized spacial score (nSPS) is 15.5. The molecule has 0 saturated heterocycles. The van der Waals surface area contributed by atoms with Gasteiger partial charge in [0, 0.05) is 48.1 Å². The van der Waals surface area contributed by atoms with Crippen molar-refractivity contribution in [3.05, 3.63) is 270 Å². The predicted molar refractivity (Wildman–Crippen MR) is 304 cm³/mol. The molecule has 1 spiro atoms. The first-order valence-electron chi connectivity index (χ1n) is 25.4. The number of rotatable bonds is 3. The minimum atomic E-state index is -0.631. The number of thiophene rings is 1. The minimum absolute atomic E-state index is 0.205. The maximum absolute atomic E-state index is 7.33. The second-order valence-corrected chi connectivity index (χ2v) is 21.7. The molecule has 1 aromatic heterocycles. The summed E-state index contributed by atoms with van der Waals surface area (Å²) < 4.78 is 9.95. The first kappa shape index (κ1) is 40.9. The molecule has 0 bridgehead atoms. The standard InChI is InChI=1S/C70H45NOS/c1-69(2)58-28-12-7-23-49(58)51-36-34-43(39-62(51)69)71(64-31-17-27-54-46-20-5-4-19-45(46)52-25-10-15-32-65(52)72-68(54)64)42-35-37-61-55(38-42)47-21-6-3-18-44(47)48-22-8-13-29-59(48)70(61)60-30-14-9-24-50(60)56-40-57-53-26-11-16-33-66(53)73-67(57)41-63(56)70/h3-41H,1-2H3. The Morgan fingerprint density at radius 3 is 1.59 bits per heavy atom. The van der Waals surface area contributed by atoms with Crippen LogP contribution < -0.4 is 9.64 Å². The van der Waals surface area contributed by atoms with Gasteiger partial charge in [-0.3, -0.25) is 0 Å². The van der Waals surface area contributed by atoms with Crippen LogP contribution in [0.15, 0.2) is 237 Å². The van der Waals surface area contributed by atoms with Crippen LogP contribution in [0, 0.1) is 0 Å². The van der Waals surface area contributed by atoms with E-state index >= 15 is 0 Å². The van der Waals surface area contributed by atoms with Gasteiger partial charge in [-0.25, -0.2) is 0 Å². The van der Waals surface area contributed by atoms with Crippen molar-refractivity contribution in [1.82, 2.24) is 0 Å². The van der Waals surface area contributed by atoms with Crippen molar-refractivity contribution < 1.29 is 4.74 Å². The van der Waals surface area contributed by atoms with E-state index in [2.05, 4.69) is 255 Å². The SMILES string of the molecule is CC1(C)c2ccccc2-c2ccc(N(c3ccc4c(c3)-c3ccccc3-c3ccccc3C43c4ccccc4-c4cc5c(cc43)sc3ccccc35)c3cccc4c3Oc3ccccc3-c3ccccc3-4)cc21. The maximum atomic E-state index is 7.33. The Labute approximate surface area is 428 Å². The zero-order valence-electron chi connectivity index (χ0n) is 40.3. The first-order valence-corrected chi connectivity index (χ1v) is 26.2. The molecule has 2 nitrogen and oxygen atoms in total. The van der Waals surface area contributed by atoms with Crippen molar-refractivity contribution in [2.75, 3.05) is 4.90 Å². The summed E-state index contributed by atoms with van der Waals surface area (Å²) in [6, 6.07) is 88.7. The lowest BCUT2D eigenvalue weighted by Gasteiger charge is -2.36. The first-order chi connectivity index (χ1) is 36.0. The molecule has 73 heavy (non-hydrogen) atoms. The van der Waals surface area contributed by atoms with Gasteiger partial charge >= 0.3 is 0 Å². The highest BCUT2D eigenvalue weighted by Crippen LogP contribution is 2.64. The van der Waals surface area contributed by atoms with Crippen molar-refractivity contribution in [1.29, 1.82) is 0 Å². The van der Waals surface area contributed by atoms with Gasteiger partial charge in [0.2, 0.25) is 0 Å². The summed E-state index contributed by atoms with van der Waals surface area (Å²) in [6.07, 6.45) is 0. The van der Waals surface area contributed by atoms with Crippen LogP contribution in [0.25, 0.3) is 86.9 Å². The summed E-state index contributed by atoms with van der Waals surface area (Å²) in [4.78, 5) is 2.47. The van der Waals surface area contributed by atoms with Crippen molar-refractivity contribution in [3.8, 4) is 78.3 Å². The van der Waals surface area contributed by atoms with Gasteiger partial charge in [0.15, 0.2) is 5.75 Å². The minimum Gasteiger partial charge on any atom is -0.454 e. The Morgan fingerprint density at radius 1 is 0.329 bits per heavy atom. The molecule has 0 amide bonds. The highest BCUT2D eigenvalue weighted by atomic mass is 32.1. The lowest BCUT2D eigenvalue weighted by atomic mass is 9.66. The fraction of sp³-hybridized carbons (Fsp3) is 0.0571. The number of para-hydroxylation sites is 2. The zero-order valence-corrected chi connectivity index (χ0v) is 41.1. The molecule has 12 aromatic rings. The lowest BCUT2D eigenvalue weighted by Crippen LogP contribution is -2.29. The van der Waals surface area contributed by atoms with Crippen molar-refractivity contribution >= 4 is 48.6 Å². The fourth-order valence-electron chi connectivity index (χ4n) is 13.6. The van der Waals surface area contributed by atoms with E-state index in [1.165, 1.54) is 98.1 Å². The smallest absolute Gasteiger partial charge is 0.159 e. The van der Waals surface area contributed by atoms with Crippen LogP contribution in [0.3, 0.4) is 0 Å². The van der Waals surface area contributed by atoms with E-state index in [0.29, 0.717) is 0 Å². The van der Waals surface area contributed by atoms with Crippen LogP contribution in [-0.4, -0.2) is 0 Å². The van der Waals surface area contributed by atoms with Crippen molar-refractivity contribution in [3.63, 3.8) is 0 Å². The molecule has 3 aliphatic carbocycles. The zero-order chi connectivity index (χ0) is 48.2. The number of benzene rings is 11. The van der Waals surface area contributed by atoms with E-state index in [9.17, 15) is 0 Å². The molecular formula is C70H45NOS. The third kappa shape index (κ3) is 5.47. The third-order valence-corrected chi connectivity index (χ3v) is 17.8. The molecule has 3 heteroatoms. The number of hydrogen-bond acceptors (Lipinski definition) is 3. The Balaban J connectivity index is 1.00. The average Bonchev–Trinajstić information content (AvgIpc) is 3.96. The van der Waals surface area contributed by atoms with Gasteiger partial charge in [0.25, 0.3) is 0 Å². The highest BCUT2D eigenvalue weighted by molar-refractivity contribution is 7.25. The summed E-state index contributed by atoms with van der Waals surface area (Å²) in [5.41, 5.74) is 24.7. The molecule has 342 valence electrons. The number of fused-ring (bicyclic) bond motifs is 23. The van der Waals surface area contributed by atoms with Crippen LogP contribution in [-0.2, 0) is 10.8 Å². The fourth-order valence-corrected chi connectivity index (χ4v) is 14.7. The van der Waals surface area contributed by atoms with E-state index in [1.54, 1.807) is 0 Å². The average molecular weight is 948 g/mol. The van der Waals surface area contributed by atoms with Crippen LogP contribution in [0.1, 0.15) is 47.2 Å². The monoisotopic (exact) mass is 947 g/mol. The van der Waals surface area contributed by atoms with Gasteiger partial charge in [0.05, 0.1) is 11.1 Å². The maximum Gasteiger partial charge on any atom is 0.159 e. The summed E-state index contributed by atoms with van der Waals surface area (Å²) in [5.74, 6) is 1.67. The molecule has 1 unspecified atom stereocenters. The van der Waals surface area contributed by atoms with Gasteiger partial charge in [-0.1, -0.05) is 196 Å². The van der Waals surface area contributed by atoms with E-state index in [1.807, 2.05) is 11.3 Å². The molecule has 0 fully saturated rings. The largest absolute Gasteiger partial charge is 0.454 e. The molecule has 11 aromatic carbocycles. The van der Waals surface area contributed by atoms with E-state index in [-0.39, 0.29) is 5.41 Å². The number of hydrogen-bond donors (Lipinski definition) is 0. The number of ether oxygens (including phenoxy) is 1.